The van der Waals surface area contributed by atoms with Crippen molar-refractivity contribution in [2.24, 2.45) is 0 Å². The molecule has 2 aromatic heterocycles. The van der Waals surface area contributed by atoms with Gasteiger partial charge in [0.05, 0.1) is 12.7 Å². The summed E-state index contributed by atoms with van der Waals surface area (Å²) in [5.74, 6) is -0.457. The molecule has 0 aliphatic rings. The monoisotopic (exact) mass is 304 g/mol. The topological polar surface area (TPSA) is 70.4 Å². The standard InChI is InChI=1S/C16H20N2O4/c1-6-10-9-18(15(20)22-16(2,3)4)13-12(10)7-11(8-17-13)14(19)21-5/h7-9H,6H2,1-5H3. The predicted molar refractivity (Wildman–Crippen MR) is 82.1 cm³/mol. The Labute approximate surface area is 129 Å². The molecule has 0 radical (unpaired) electrons. The second-order valence-corrected chi connectivity index (χ2v) is 5.94. The number of methoxy groups -OCH3 is 1. The summed E-state index contributed by atoms with van der Waals surface area (Å²) in [5, 5.41) is 0.747. The minimum Gasteiger partial charge on any atom is -0.465 e. The second-order valence-electron chi connectivity index (χ2n) is 5.94. The van der Waals surface area contributed by atoms with Crippen LogP contribution in [0.1, 0.15) is 43.6 Å². The van der Waals surface area contributed by atoms with Crippen LogP contribution in [-0.4, -0.2) is 34.3 Å². The van der Waals surface area contributed by atoms with Crippen molar-refractivity contribution in [3.8, 4) is 0 Å². The van der Waals surface area contributed by atoms with E-state index in [4.69, 9.17) is 9.47 Å². The Morgan fingerprint density at radius 2 is 2.00 bits per heavy atom. The van der Waals surface area contributed by atoms with Crippen LogP contribution in [0.25, 0.3) is 11.0 Å². The molecule has 118 valence electrons. The largest absolute Gasteiger partial charge is 0.465 e. The number of hydrogen-bond acceptors (Lipinski definition) is 5. The molecule has 0 atom stereocenters. The lowest BCUT2D eigenvalue weighted by Gasteiger charge is -2.19. The Hall–Kier alpha value is -2.37. The molecule has 0 aliphatic carbocycles. The van der Waals surface area contributed by atoms with Gasteiger partial charge in [-0.25, -0.2) is 19.1 Å². The van der Waals surface area contributed by atoms with Gasteiger partial charge in [0.1, 0.15) is 11.2 Å². The molecule has 2 heterocycles. The summed E-state index contributed by atoms with van der Waals surface area (Å²) in [6, 6.07) is 1.69. The first-order valence-corrected chi connectivity index (χ1v) is 7.08. The fourth-order valence-electron chi connectivity index (χ4n) is 2.13. The van der Waals surface area contributed by atoms with Crippen LogP contribution < -0.4 is 0 Å². The van der Waals surface area contributed by atoms with E-state index in [9.17, 15) is 9.59 Å². The Kier molecular flexibility index (Phi) is 4.21. The molecule has 0 saturated carbocycles. The van der Waals surface area contributed by atoms with E-state index in [1.807, 2.05) is 6.92 Å². The van der Waals surface area contributed by atoms with E-state index in [2.05, 4.69) is 4.98 Å². The fourth-order valence-corrected chi connectivity index (χ4v) is 2.13. The van der Waals surface area contributed by atoms with Gasteiger partial charge in [0.15, 0.2) is 0 Å². The van der Waals surface area contributed by atoms with Gasteiger partial charge in [-0.1, -0.05) is 6.92 Å². The molecule has 6 nitrogen and oxygen atoms in total. The van der Waals surface area contributed by atoms with Crippen molar-refractivity contribution in [2.45, 2.75) is 39.7 Å². The van der Waals surface area contributed by atoms with Crippen molar-refractivity contribution in [3.05, 3.63) is 29.6 Å². The van der Waals surface area contributed by atoms with Crippen LogP contribution in [0.15, 0.2) is 18.5 Å². The van der Waals surface area contributed by atoms with Gasteiger partial charge in [-0.15, -0.1) is 0 Å². The van der Waals surface area contributed by atoms with E-state index in [1.165, 1.54) is 17.9 Å². The molecule has 0 unspecified atom stereocenters. The molecule has 6 heteroatoms. The molecule has 2 aromatic rings. The normalized spacial score (nSPS) is 11.5. The number of esters is 1. The maximum absolute atomic E-state index is 12.3. The zero-order chi connectivity index (χ0) is 16.5. The van der Waals surface area contributed by atoms with Gasteiger partial charge in [0, 0.05) is 17.8 Å². The van der Waals surface area contributed by atoms with Crippen molar-refractivity contribution in [3.63, 3.8) is 0 Å². The third-order valence-corrected chi connectivity index (χ3v) is 3.12. The molecule has 0 aromatic carbocycles. The Balaban J connectivity index is 2.54. The highest BCUT2D eigenvalue weighted by atomic mass is 16.6. The third kappa shape index (κ3) is 3.10. The first-order chi connectivity index (χ1) is 10.3. The van der Waals surface area contributed by atoms with Gasteiger partial charge in [0.2, 0.25) is 0 Å². The van der Waals surface area contributed by atoms with E-state index in [0.717, 1.165) is 10.9 Å². The summed E-state index contributed by atoms with van der Waals surface area (Å²) in [7, 11) is 1.32. The smallest absolute Gasteiger partial charge is 0.420 e. The van der Waals surface area contributed by atoms with Crippen molar-refractivity contribution in [2.75, 3.05) is 7.11 Å². The van der Waals surface area contributed by atoms with Crippen molar-refractivity contribution >= 4 is 23.1 Å². The molecule has 2 rings (SSSR count). The number of aryl methyl sites for hydroxylation is 1. The van der Waals surface area contributed by atoms with Gasteiger partial charge in [-0.2, -0.15) is 0 Å². The van der Waals surface area contributed by atoms with Crippen LogP contribution in [-0.2, 0) is 15.9 Å². The molecule has 0 spiro atoms. The maximum atomic E-state index is 12.3. The van der Waals surface area contributed by atoms with Crippen LogP contribution in [0, 0.1) is 0 Å². The van der Waals surface area contributed by atoms with Crippen molar-refractivity contribution < 1.29 is 19.1 Å². The zero-order valence-electron chi connectivity index (χ0n) is 13.5. The lowest BCUT2D eigenvalue weighted by Crippen LogP contribution is -2.26. The highest BCUT2D eigenvalue weighted by Gasteiger charge is 2.22. The minimum absolute atomic E-state index is 0.353. The first kappa shape index (κ1) is 16.0. The fraction of sp³-hybridized carbons (Fsp3) is 0.438. The van der Waals surface area contributed by atoms with E-state index in [1.54, 1.807) is 33.0 Å². The molecular weight excluding hydrogens is 284 g/mol. The minimum atomic E-state index is -0.591. The number of ether oxygens (including phenoxy) is 2. The van der Waals surface area contributed by atoms with E-state index in [-0.39, 0.29) is 0 Å². The molecule has 22 heavy (non-hydrogen) atoms. The third-order valence-electron chi connectivity index (χ3n) is 3.12. The summed E-state index contributed by atoms with van der Waals surface area (Å²) in [5.41, 5.74) is 1.15. The highest BCUT2D eigenvalue weighted by Crippen LogP contribution is 2.23. The maximum Gasteiger partial charge on any atom is 0.420 e. The van der Waals surface area contributed by atoms with E-state index in [0.29, 0.717) is 17.6 Å². The molecule has 0 saturated heterocycles. The molecule has 0 aliphatic heterocycles. The summed E-state index contributed by atoms with van der Waals surface area (Å²) >= 11 is 0. The number of nitrogens with zero attached hydrogens (tertiary/aromatic N) is 2. The zero-order valence-corrected chi connectivity index (χ0v) is 13.5. The summed E-state index contributed by atoms with van der Waals surface area (Å²) < 4.78 is 11.5. The molecule has 0 fully saturated rings. The molecule has 0 N–H and O–H groups in total. The van der Waals surface area contributed by atoms with Gasteiger partial charge in [-0.05, 0) is 38.8 Å². The molecule has 0 bridgehead atoms. The summed E-state index contributed by atoms with van der Waals surface area (Å²) in [6.45, 7) is 7.39. The highest BCUT2D eigenvalue weighted by molar-refractivity contribution is 5.96. The lowest BCUT2D eigenvalue weighted by molar-refractivity contribution is 0.0542. The van der Waals surface area contributed by atoms with Crippen LogP contribution >= 0.6 is 0 Å². The van der Waals surface area contributed by atoms with Gasteiger partial charge in [-0.3, -0.25) is 0 Å². The van der Waals surface area contributed by atoms with E-state index < -0.39 is 17.7 Å². The number of rotatable bonds is 2. The van der Waals surface area contributed by atoms with E-state index >= 15 is 0 Å². The van der Waals surface area contributed by atoms with Gasteiger partial charge >= 0.3 is 12.1 Å². The van der Waals surface area contributed by atoms with Crippen LogP contribution in [0.3, 0.4) is 0 Å². The number of carbonyl (C=O) groups excluding carboxylic acids is 2. The number of hydrogen-bond donors (Lipinski definition) is 0. The first-order valence-electron chi connectivity index (χ1n) is 7.08. The van der Waals surface area contributed by atoms with Crippen LogP contribution in [0.2, 0.25) is 0 Å². The predicted octanol–water partition coefficient (Wildman–Crippen LogP) is 3.17. The summed E-state index contributed by atoms with van der Waals surface area (Å²) in [6.07, 6.45) is 3.32. The Morgan fingerprint density at radius 3 is 2.55 bits per heavy atom. The van der Waals surface area contributed by atoms with Crippen LogP contribution in [0.5, 0.6) is 0 Å². The van der Waals surface area contributed by atoms with Gasteiger partial charge < -0.3 is 9.47 Å². The molecule has 0 amide bonds. The number of carbonyl (C=O) groups is 2. The molecular formula is C16H20N2O4. The second kappa shape index (κ2) is 5.79. The van der Waals surface area contributed by atoms with Crippen molar-refractivity contribution in [1.82, 2.24) is 9.55 Å². The Bertz CT molecular complexity index is 726. The SMILES string of the molecule is CCc1cn(C(=O)OC(C)(C)C)c2ncc(C(=O)OC)cc12. The summed E-state index contributed by atoms with van der Waals surface area (Å²) in [4.78, 5) is 28.1. The van der Waals surface area contributed by atoms with Crippen molar-refractivity contribution in [1.29, 1.82) is 0 Å². The average Bonchev–Trinajstić information content (AvgIpc) is 2.82. The Morgan fingerprint density at radius 1 is 1.32 bits per heavy atom. The average molecular weight is 304 g/mol. The quantitative estimate of drug-likeness (QED) is 0.797. The van der Waals surface area contributed by atoms with Gasteiger partial charge in [0.25, 0.3) is 0 Å². The number of fused-ring (bicyclic) bond motifs is 1. The lowest BCUT2D eigenvalue weighted by atomic mass is 10.1. The van der Waals surface area contributed by atoms with Crippen LogP contribution in [0.4, 0.5) is 4.79 Å². The number of pyridine rings is 1. The number of aromatic nitrogens is 2.